The van der Waals surface area contributed by atoms with Gasteiger partial charge in [0.2, 0.25) is 15.9 Å². The van der Waals surface area contributed by atoms with Gasteiger partial charge in [-0.2, -0.15) is 0 Å². The summed E-state index contributed by atoms with van der Waals surface area (Å²) in [6, 6.07) is 0. The SMILES string of the molecule is CCS(=O)(=O)N1CCC(C(=O)N(C)Cc2cscn2)CC1. The van der Waals surface area contributed by atoms with Crippen LogP contribution >= 0.6 is 11.3 Å². The summed E-state index contributed by atoms with van der Waals surface area (Å²) in [5.41, 5.74) is 2.64. The minimum Gasteiger partial charge on any atom is -0.340 e. The number of piperidine rings is 1. The topological polar surface area (TPSA) is 70.6 Å². The van der Waals surface area contributed by atoms with Crippen molar-refractivity contribution in [2.75, 3.05) is 25.9 Å². The Morgan fingerprint density at radius 1 is 1.48 bits per heavy atom. The van der Waals surface area contributed by atoms with Crippen molar-refractivity contribution in [3.05, 3.63) is 16.6 Å². The van der Waals surface area contributed by atoms with Crippen LogP contribution in [0.5, 0.6) is 0 Å². The number of sulfonamides is 1. The molecule has 1 saturated heterocycles. The summed E-state index contributed by atoms with van der Waals surface area (Å²) in [7, 11) is -1.36. The van der Waals surface area contributed by atoms with Gasteiger partial charge in [0.05, 0.1) is 23.5 Å². The summed E-state index contributed by atoms with van der Waals surface area (Å²) >= 11 is 1.51. The monoisotopic (exact) mass is 331 g/mol. The van der Waals surface area contributed by atoms with Crippen molar-refractivity contribution < 1.29 is 13.2 Å². The first-order valence-corrected chi connectivity index (χ1v) is 9.59. The van der Waals surface area contributed by atoms with Crippen LogP contribution in [0, 0.1) is 5.92 Å². The normalized spacial score (nSPS) is 17.8. The number of amides is 1. The lowest BCUT2D eigenvalue weighted by Gasteiger charge is -2.32. The number of hydrogen-bond donors (Lipinski definition) is 0. The van der Waals surface area contributed by atoms with Crippen molar-refractivity contribution in [3.8, 4) is 0 Å². The van der Waals surface area contributed by atoms with Crippen LogP contribution in [-0.4, -0.2) is 54.4 Å². The number of carbonyl (C=O) groups excluding carboxylic acids is 1. The second-order valence-electron chi connectivity index (χ2n) is 5.25. The third-order valence-electron chi connectivity index (χ3n) is 3.82. The molecule has 0 atom stereocenters. The Bertz CT molecular complexity index is 563. The minimum atomic E-state index is -3.13. The van der Waals surface area contributed by atoms with Crippen LogP contribution in [0.1, 0.15) is 25.5 Å². The Morgan fingerprint density at radius 2 is 2.14 bits per heavy atom. The molecule has 1 fully saturated rings. The molecular formula is C13H21N3O3S2. The van der Waals surface area contributed by atoms with Gasteiger partial charge in [-0.05, 0) is 19.8 Å². The number of aromatic nitrogens is 1. The first kappa shape index (κ1) is 16.4. The molecule has 0 spiro atoms. The van der Waals surface area contributed by atoms with E-state index in [1.54, 1.807) is 24.4 Å². The molecule has 118 valence electrons. The predicted octanol–water partition coefficient (Wildman–Crippen LogP) is 1.16. The van der Waals surface area contributed by atoms with Crippen LogP contribution in [0.3, 0.4) is 0 Å². The van der Waals surface area contributed by atoms with Gasteiger partial charge in [-0.25, -0.2) is 17.7 Å². The maximum atomic E-state index is 12.4. The van der Waals surface area contributed by atoms with E-state index in [2.05, 4.69) is 4.98 Å². The van der Waals surface area contributed by atoms with Crippen molar-refractivity contribution in [1.82, 2.24) is 14.2 Å². The van der Waals surface area contributed by atoms with Gasteiger partial charge in [0.15, 0.2) is 0 Å². The van der Waals surface area contributed by atoms with Crippen LogP contribution in [0.4, 0.5) is 0 Å². The summed E-state index contributed by atoms with van der Waals surface area (Å²) in [5.74, 6) is 0.114. The van der Waals surface area contributed by atoms with Crippen molar-refractivity contribution in [2.45, 2.75) is 26.3 Å². The van der Waals surface area contributed by atoms with E-state index in [0.717, 1.165) is 5.69 Å². The van der Waals surface area contributed by atoms with Gasteiger partial charge in [0, 0.05) is 31.4 Å². The lowest BCUT2D eigenvalue weighted by Crippen LogP contribution is -2.43. The van der Waals surface area contributed by atoms with Gasteiger partial charge < -0.3 is 4.90 Å². The molecule has 1 aliphatic rings. The largest absolute Gasteiger partial charge is 0.340 e. The number of rotatable bonds is 5. The molecule has 0 saturated carbocycles. The van der Waals surface area contributed by atoms with E-state index < -0.39 is 10.0 Å². The molecule has 0 N–H and O–H groups in total. The fourth-order valence-electron chi connectivity index (χ4n) is 2.51. The number of nitrogens with zero attached hydrogens (tertiary/aromatic N) is 3. The number of thiazole rings is 1. The van der Waals surface area contributed by atoms with Crippen LogP contribution in [0.25, 0.3) is 0 Å². The third kappa shape index (κ3) is 4.02. The predicted molar refractivity (Wildman–Crippen MR) is 82.3 cm³/mol. The Balaban J connectivity index is 1.88. The quantitative estimate of drug-likeness (QED) is 0.812. The Labute approximate surface area is 129 Å². The highest BCUT2D eigenvalue weighted by Gasteiger charge is 2.31. The molecule has 0 aliphatic carbocycles. The van der Waals surface area contributed by atoms with E-state index in [1.807, 2.05) is 5.38 Å². The maximum absolute atomic E-state index is 12.4. The molecule has 6 nitrogen and oxygen atoms in total. The Hall–Kier alpha value is -0.990. The fourth-order valence-corrected chi connectivity index (χ4v) is 4.19. The van der Waals surface area contributed by atoms with E-state index in [4.69, 9.17) is 0 Å². The summed E-state index contributed by atoms with van der Waals surface area (Å²) in [4.78, 5) is 18.2. The molecule has 1 aliphatic heterocycles. The zero-order valence-electron chi connectivity index (χ0n) is 12.4. The van der Waals surface area contributed by atoms with Gasteiger partial charge in [0.25, 0.3) is 0 Å². The summed E-state index contributed by atoms with van der Waals surface area (Å²) in [6.07, 6.45) is 1.19. The highest BCUT2D eigenvalue weighted by Crippen LogP contribution is 2.22. The molecule has 0 radical (unpaired) electrons. The summed E-state index contributed by atoms with van der Waals surface area (Å²) in [6.45, 7) is 3.04. The Kier molecular flexibility index (Phi) is 5.34. The van der Waals surface area contributed by atoms with Crippen LogP contribution in [-0.2, 0) is 21.4 Å². The standard InChI is InChI=1S/C13H21N3O3S2/c1-3-21(18,19)16-6-4-11(5-7-16)13(17)15(2)8-12-9-20-10-14-12/h9-11H,3-8H2,1-2H3. The zero-order chi connectivity index (χ0) is 15.5. The minimum absolute atomic E-state index is 0.0801. The van der Waals surface area contributed by atoms with Gasteiger partial charge >= 0.3 is 0 Å². The highest BCUT2D eigenvalue weighted by molar-refractivity contribution is 7.89. The smallest absolute Gasteiger partial charge is 0.225 e. The van der Waals surface area contributed by atoms with Crippen molar-refractivity contribution >= 4 is 27.3 Å². The molecule has 2 heterocycles. The van der Waals surface area contributed by atoms with Crippen LogP contribution in [0.2, 0.25) is 0 Å². The Morgan fingerprint density at radius 3 is 2.67 bits per heavy atom. The second-order valence-corrected chi connectivity index (χ2v) is 8.22. The average Bonchev–Trinajstić information content (AvgIpc) is 2.99. The molecule has 1 amide bonds. The van der Waals surface area contributed by atoms with Crippen LogP contribution < -0.4 is 0 Å². The van der Waals surface area contributed by atoms with Gasteiger partial charge in [0.1, 0.15) is 0 Å². The fraction of sp³-hybridized carbons (Fsp3) is 0.692. The van der Waals surface area contributed by atoms with Gasteiger partial charge in [-0.3, -0.25) is 4.79 Å². The highest BCUT2D eigenvalue weighted by atomic mass is 32.2. The maximum Gasteiger partial charge on any atom is 0.225 e. The van der Waals surface area contributed by atoms with Crippen LogP contribution in [0.15, 0.2) is 10.9 Å². The molecule has 0 aromatic carbocycles. The summed E-state index contributed by atoms with van der Waals surface area (Å²) < 4.78 is 25.1. The third-order valence-corrected chi connectivity index (χ3v) is 6.34. The molecule has 1 aromatic heterocycles. The number of hydrogen-bond acceptors (Lipinski definition) is 5. The lowest BCUT2D eigenvalue weighted by atomic mass is 9.96. The van der Waals surface area contributed by atoms with E-state index in [1.165, 1.54) is 15.6 Å². The molecule has 1 aromatic rings. The molecule has 0 bridgehead atoms. The van der Waals surface area contributed by atoms with E-state index in [0.29, 0.717) is 32.5 Å². The lowest BCUT2D eigenvalue weighted by molar-refractivity contribution is -0.136. The van der Waals surface area contributed by atoms with E-state index >= 15 is 0 Å². The second kappa shape index (κ2) is 6.85. The molecule has 2 rings (SSSR count). The van der Waals surface area contributed by atoms with Gasteiger partial charge in [-0.15, -0.1) is 11.3 Å². The van der Waals surface area contributed by atoms with Crippen molar-refractivity contribution in [3.63, 3.8) is 0 Å². The molecule has 0 unspecified atom stereocenters. The van der Waals surface area contributed by atoms with Gasteiger partial charge in [-0.1, -0.05) is 0 Å². The number of carbonyl (C=O) groups is 1. The first-order chi connectivity index (χ1) is 9.94. The average molecular weight is 331 g/mol. The molecule has 21 heavy (non-hydrogen) atoms. The van der Waals surface area contributed by atoms with Crippen molar-refractivity contribution in [1.29, 1.82) is 0 Å². The molecular weight excluding hydrogens is 310 g/mol. The first-order valence-electron chi connectivity index (χ1n) is 7.04. The molecule has 8 heteroatoms. The summed E-state index contributed by atoms with van der Waals surface area (Å²) in [5, 5.41) is 1.93. The van der Waals surface area contributed by atoms with E-state index in [-0.39, 0.29) is 17.6 Å². The van der Waals surface area contributed by atoms with Crippen molar-refractivity contribution in [2.24, 2.45) is 5.92 Å². The zero-order valence-corrected chi connectivity index (χ0v) is 14.0. The van der Waals surface area contributed by atoms with E-state index in [9.17, 15) is 13.2 Å².